The minimum atomic E-state index is -0.153. The lowest BCUT2D eigenvalue weighted by Gasteiger charge is -2.26. The van der Waals surface area contributed by atoms with Crippen molar-refractivity contribution in [1.82, 2.24) is 15.5 Å². The van der Waals surface area contributed by atoms with Crippen molar-refractivity contribution in [3.05, 3.63) is 0 Å². The maximum Gasteiger partial charge on any atom is 0.315 e. The first-order valence-electron chi connectivity index (χ1n) is 7.08. The minimum absolute atomic E-state index is 0.0379. The highest BCUT2D eigenvalue weighted by molar-refractivity contribution is 5.74. The second kappa shape index (κ2) is 9.15. The molecule has 114 valence electrons. The first-order valence-corrected chi connectivity index (χ1v) is 7.08. The lowest BCUT2D eigenvalue weighted by Crippen LogP contribution is -2.50. The van der Waals surface area contributed by atoms with Crippen LogP contribution in [0.25, 0.3) is 0 Å². The zero-order valence-electron chi connectivity index (χ0n) is 13.2. The molecule has 0 aromatic heterocycles. The SMILES string of the molecule is CC(C)CC(CN(C)C)NC(=O)NC(C)C(C)CO. The number of amides is 2. The molecule has 3 unspecified atom stereocenters. The molecule has 19 heavy (non-hydrogen) atoms. The Hall–Kier alpha value is -0.810. The van der Waals surface area contributed by atoms with Crippen LogP contribution in [0.3, 0.4) is 0 Å². The largest absolute Gasteiger partial charge is 0.396 e. The summed E-state index contributed by atoms with van der Waals surface area (Å²) < 4.78 is 0. The van der Waals surface area contributed by atoms with E-state index in [1.807, 2.05) is 27.9 Å². The Kier molecular flexibility index (Phi) is 8.76. The summed E-state index contributed by atoms with van der Waals surface area (Å²) in [7, 11) is 4.01. The number of hydrogen-bond acceptors (Lipinski definition) is 3. The van der Waals surface area contributed by atoms with Gasteiger partial charge < -0.3 is 20.6 Å². The molecule has 0 heterocycles. The molecule has 3 atom stereocenters. The molecule has 0 aliphatic rings. The molecule has 0 rings (SSSR count). The summed E-state index contributed by atoms with van der Waals surface area (Å²) in [5.41, 5.74) is 0. The van der Waals surface area contributed by atoms with Gasteiger partial charge in [-0.3, -0.25) is 0 Å². The van der Waals surface area contributed by atoms with Crippen LogP contribution in [0.5, 0.6) is 0 Å². The van der Waals surface area contributed by atoms with Gasteiger partial charge in [-0.2, -0.15) is 0 Å². The Morgan fingerprint density at radius 2 is 1.74 bits per heavy atom. The topological polar surface area (TPSA) is 64.6 Å². The van der Waals surface area contributed by atoms with Crippen molar-refractivity contribution in [2.75, 3.05) is 27.2 Å². The molecule has 0 aliphatic heterocycles. The highest BCUT2D eigenvalue weighted by Gasteiger charge is 2.18. The van der Waals surface area contributed by atoms with Gasteiger partial charge in [-0.25, -0.2) is 4.79 Å². The predicted octanol–water partition coefficient (Wildman–Crippen LogP) is 1.28. The van der Waals surface area contributed by atoms with E-state index >= 15 is 0 Å². The van der Waals surface area contributed by atoms with Crippen molar-refractivity contribution < 1.29 is 9.90 Å². The predicted molar refractivity (Wildman–Crippen MR) is 79.2 cm³/mol. The lowest BCUT2D eigenvalue weighted by atomic mass is 10.0. The third kappa shape index (κ3) is 8.83. The Morgan fingerprint density at radius 1 is 1.16 bits per heavy atom. The van der Waals surface area contributed by atoms with Crippen LogP contribution in [-0.4, -0.2) is 55.4 Å². The van der Waals surface area contributed by atoms with Crippen LogP contribution in [0.15, 0.2) is 0 Å². The van der Waals surface area contributed by atoms with E-state index in [4.69, 9.17) is 5.11 Å². The van der Waals surface area contributed by atoms with Gasteiger partial charge >= 0.3 is 6.03 Å². The van der Waals surface area contributed by atoms with Gasteiger partial charge in [0.05, 0.1) is 0 Å². The van der Waals surface area contributed by atoms with Crippen molar-refractivity contribution >= 4 is 6.03 Å². The molecule has 5 heteroatoms. The molecular formula is C14H31N3O2. The Morgan fingerprint density at radius 3 is 2.16 bits per heavy atom. The second-order valence-corrected chi connectivity index (χ2v) is 6.16. The number of rotatable bonds is 8. The van der Waals surface area contributed by atoms with Crippen molar-refractivity contribution in [2.24, 2.45) is 11.8 Å². The number of carbonyl (C=O) groups excluding carboxylic acids is 1. The van der Waals surface area contributed by atoms with Gasteiger partial charge in [-0.1, -0.05) is 20.8 Å². The van der Waals surface area contributed by atoms with E-state index in [-0.39, 0.29) is 30.6 Å². The highest BCUT2D eigenvalue weighted by atomic mass is 16.3. The van der Waals surface area contributed by atoms with E-state index < -0.39 is 0 Å². The smallest absolute Gasteiger partial charge is 0.315 e. The number of carbonyl (C=O) groups is 1. The summed E-state index contributed by atoms with van der Waals surface area (Å²) in [6, 6.07) is -0.0454. The highest BCUT2D eigenvalue weighted by Crippen LogP contribution is 2.06. The molecule has 0 spiro atoms. The fourth-order valence-corrected chi connectivity index (χ4v) is 1.92. The standard InChI is InChI=1S/C14H31N3O2/c1-10(2)7-13(8-17(5)6)16-14(19)15-12(4)11(3)9-18/h10-13,18H,7-9H2,1-6H3,(H2,15,16,19). The number of likely N-dealkylation sites (N-methyl/N-ethyl adjacent to an activating group) is 1. The van der Waals surface area contributed by atoms with Crippen molar-refractivity contribution in [3.63, 3.8) is 0 Å². The summed E-state index contributed by atoms with van der Waals surface area (Å²) in [5.74, 6) is 0.599. The molecular weight excluding hydrogens is 242 g/mol. The van der Waals surface area contributed by atoms with Gasteiger partial charge in [0.15, 0.2) is 0 Å². The van der Waals surface area contributed by atoms with Crippen molar-refractivity contribution in [1.29, 1.82) is 0 Å². The molecule has 0 saturated carbocycles. The third-order valence-corrected chi connectivity index (χ3v) is 3.18. The van der Waals surface area contributed by atoms with Gasteiger partial charge in [0.1, 0.15) is 0 Å². The monoisotopic (exact) mass is 273 g/mol. The summed E-state index contributed by atoms with van der Waals surface area (Å²) >= 11 is 0. The maximum atomic E-state index is 11.9. The normalized spacial score (nSPS) is 16.3. The van der Waals surface area contributed by atoms with E-state index in [0.29, 0.717) is 5.92 Å². The number of aliphatic hydroxyl groups is 1. The van der Waals surface area contributed by atoms with Crippen LogP contribution in [-0.2, 0) is 0 Å². The van der Waals surface area contributed by atoms with Gasteiger partial charge in [0.2, 0.25) is 0 Å². The molecule has 0 radical (unpaired) electrons. The molecule has 0 saturated heterocycles. The number of hydrogen-bond donors (Lipinski definition) is 3. The zero-order chi connectivity index (χ0) is 15.0. The van der Waals surface area contributed by atoms with Gasteiger partial charge in [0, 0.05) is 25.2 Å². The van der Waals surface area contributed by atoms with E-state index in [2.05, 4.69) is 29.4 Å². The Labute approximate surface area is 117 Å². The fourth-order valence-electron chi connectivity index (χ4n) is 1.92. The van der Waals surface area contributed by atoms with Crippen LogP contribution < -0.4 is 10.6 Å². The summed E-state index contributed by atoms with van der Waals surface area (Å²) in [6.07, 6.45) is 0.954. The molecule has 0 aliphatic carbocycles. The van der Waals surface area contributed by atoms with Crippen LogP contribution in [0, 0.1) is 11.8 Å². The van der Waals surface area contributed by atoms with Gasteiger partial charge in [-0.05, 0) is 39.3 Å². The first-order chi connectivity index (χ1) is 8.76. The Balaban J connectivity index is 4.29. The Bertz CT molecular complexity index is 247. The van der Waals surface area contributed by atoms with E-state index in [1.165, 1.54) is 0 Å². The van der Waals surface area contributed by atoms with Crippen LogP contribution in [0.1, 0.15) is 34.1 Å². The molecule has 0 aromatic rings. The quantitative estimate of drug-likeness (QED) is 0.624. The molecule has 0 aromatic carbocycles. The van der Waals surface area contributed by atoms with Gasteiger partial charge in [-0.15, -0.1) is 0 Å². The fraction of sp³-hybridized carbons (Fsp3) is 0.929. The maximum absolute atomic E-state index is 11.9. The third-order valence-electron chi connectivity index (χ3n) is 3.18. The number of nitrogens with one attached hydrogen (secondary N) is 2. The molecule has 2 amide bonds. The average molecular weight is 273 g/mol. The first kappa shape index (κ1) is 18.2. The zero-order valence-corrected chi connectivity index (χ0v) is 13.2. The number of nitrogens with zero attached hydrogens (tertiary/aromatic N) is 1. The van der Waals surface area contributed by atoms with Crippen LogP contribution in [0.2, 0.25) is 0 Å². The summed E-state index contributed by atoms with van der Waals surface area (Å²) in [5, 5.41) is 15.0. The van der Waals surface area contributed by atoms with Crippen LogP contribution >= 0.6 is 0 Å². The molecule has 0 bridgehead atoms. The van der Waals surface area contributed by atoms with E-state index in [1.54, 1.807) is 0 Å². The lowest BCUT2D eigenvalue weighted by molar-refractivity contribution is 0.196. The average Bonchev–Trinajstić information content (AvgIpc) is 2.25. The van der Waals surface area contributed by atoms with E-state index in [9.17, 15) is 4.79 Å². The second-order valence-electron chi connectivity index (χ2n) is 6.16. The van der Waals surface area contributed by atoms with E-state index in [0.717, 1.165) is 13.0 Å². The number of urea groups is 1. The summed E-state index contributed by atoms with van der Waals surface area (Å²) in [6.45, 7) is 9.03. The van der Waals surface area contributed by atoms with Crippen molar-refractivity contribution in [3.8, 4) is 0 Å². The number of aliphatic hydroxyl groups excluding tert-OH is 1. The van der Waals surface area contributed by atoms with Crippen molar-refractivity contribution in [2.45, 2.75) is 46.2 Å². The molecule has 0 fully saturated rings. The molecule has 3 N–H and O–H groups in total. The molecule has 5 nitrogen and oxygen atoms in total. The van der Waals surface area contributed by atoms with Crippen LogP contribution in [0.4, 0.5) is 4.79 Å². The minimum Gasteiger partial charge on any atom is -0.396 e. The summed E-state index contributed by atoms with van der Waals surface area (Å²) in [4.78, 5) is 14.0. The van der Waals surface area contributed by atoms with Gasteiger partial charge in [0.25, 0.3) is 0 Å².